The van der Waals surface area contributed by atoms with Gasteiger partial charge in [-0.15, -0.1) is 0 Å². The fourth-order valence-electron chi connectivity index (χ4n) is 1.82. The topological polar surface area (TPSA) is 64.9 Å². The molecule has 0 bridgehead atoms. The van der Waals surface area contributed by atoms with Crippen LogP contribution in [-0.2, 0) is 4.79 Å². The average molecular weight is 381 g/mol. The summed E-state index contributed by atoms with van der Waals surface area (Å²) in [5.41, 5.74) is 1.79. The number of benzene rings is 2. The van der Waals surface area contributed by atoms with Crippen LogP contribution in [0.15, 0.2) is 48.2 Å². The molecule has 2 N–H and O–H groups in total. The number of nitrogens with one attached hydrogen (secondary N) is 2. The highest BCUT2D eigenvalue weighted by atomic mass is 35.5. The molecule has 7 heteroatoms. The maximum Gasteiger partial charge on any atom is 0.267 e. The smallest absolute Gasteiger partial charge is 0.267 e. The summed E-state index contributed by atoms with van der Waals surface area (Å²) in [4.78, 5) is 12.2. The van der Waals surface area contributed by atoms with Crippen LogP contribution in [0.2, 0.25) is 15.1 Å². The Labute approximate surface area is 154 Å². The van der Waals surface area contributed by atoms with Gasteiger partial charge >= 0.3 is 0 Å². The fourth-order valence-corrected chi connectivity index (χ4v) is 2.46. The largest absolute Gasteiger partial charge is 0.359 e. The monoisotopic (exact) mass is 379 g/mol. The van der Waals surface area contributed by atoms with Gasteiger partial charge in [0.05, 0.1) is 10.7 Å². The molecule has 0 heterocycles. The van der Waals surface area contributed by atoms with Gasteiger partial charge in [0.2, 0.25) is 0 Å². The Morgan fingerprint density at radius 3 is 2.42 bits per heavy atom. The van der Waals surface area contributed by atoms with Crippen molar-refractivity contribution < 1.29 is 4.79 Å². The Kier molecular flexibility index (Phi) is 6.10. The molecule has 2 aromatic rings. The van der Waals surface area contributed by atoms with Crippen LogP contribution in [0.25, 0.3) is 0 Å². The zero-order valence-electron chi connectivity index (χ0n) is 12.5. The van der Waals surface area contributed by atoms with E-state index in [9.17, 15) is 10.1 Å². The molecule has 24 heavy (non-hydrogen) atoms. The first-order chi connectivity index (χ1) is 11.4. The summed E-state index contributed by atoms with van der Waals surface area (Å²) in [5, 5.41) is 16.0. The van der Waals surface area contributed by atoms with Crippen molar-refractivity contribution in [2.24, 2.45) is 0 Å². The molecule has 1 amide bonds. The first-order valence-electron chi connectivity index (χ1n) is 6.80. The van der Waals surface area contributed by atoms with Crippen LogP contribution in [-0.4, -0.2) is 5.91 Å². The van der Waals surface area contributed by atoms with E-state index in [2.05, 4.69) is 10.6 Å². The van der Waals surface area contributed by atoms with Crippen molar-refractivity contribution >= 4 is 52.1 Å². The summed E-state index contributed by atoms with van der Waals surface area (Å²) >= 11 is 17.8. The number of hydrogen-bond donors (Lipinski definition) is 2. The van der Waals surface area contributed by atoms with Crippen molar-refractivity contribution in [2.75, 3.05) is 10.6 Å². The lowest BCUT2D eigenvalue weighted by Crippen LogP contribution is -2.15. The minimum atomic E-state index is -0.555. The Morgan fingerprint density at radius 1 is 1.08 bits per heavy atom. The molecule has 0 saturated carbocycles. The minimum absolute atomic E-state index is 0.111. The van der Waals surface area contributed by atoms with Crippen LogP contribution in [0.4, 0.5) is 11.4 Å². The molecule has 122 valence electrons. The lowest BCUT2D eigenvalue weighted by molar-refractivity contribution is -0.112. The van der Waals surface area contributed by atoms with E-state index < -0.39 is 5.91 Å². The van der Waals surface area contributed by atoms with E-state index in [1.165, 1.54) is 6.20 Å². The second-order valence-corrected chi connectivity index (χ2v) is 6.13. The van der Waals surface area contributed by atoms with Crippen molar-refractivity contribution in [2.45, 2.75) is 6.92 Å². The standard InChI is InChI=1S/C17H12Cl3N3O/c1-10-2-3-13(19)7-16(10)23-17(24)11(8-21)9-22-15-5-4-12(18)6-14(15)20/h2-7,9,22H,1H3,(H,23,24)/b11-9-. The summed E-state index contributed by atoms with van der Waals surface area (Å²) in [5.74, 6) is -0.555. The molecule has 0 aliphatic carbocycles. The van der Waals surface area contributed by atoms with E-state index in [1.807, 2.05) is 13.0 Å². The van der Waals surface area contributed by atoms with E-state index in [0.717, 1.165) is 5.56 Å². The maximum absolute atomic E-state index is 12.2. The summed E-state index contributed by atoms with van der Waals surface area (Å²) < 4.78 is 0. The number of amides is 1. The van der Waals surface area contributed by atoms with Crippen LogP contribution < -0.4 is 10.6 Å². The van der Waals surface area contributed by atoms with Crippen LogP contribution in [0.3, 0.4) is 0 Å². The van der Waals surface area contributed by atoms with E-state index in [-0.39, 0.29) is 5.57 Å². The van der Waals surface area contributed by atoms with Gasteiger partial charge in [0.1, 0.15) is 11.6 Å². The molecule has 0 aliphatic heterocycles. The Morgan fingerprint density at radius 2 is 1.75 bits per heavy atom. The zero-order valence-corrected chi connectivity index (χ0v) is 14.8. The second kappa shape index (κ2) is 8.07. The Hall–Kier alpha value is -2.19. The Bertz CT molecular complexity index is 857. The van der Waals surface area contributed by atoms with Gasteiger partial charge in [-0.3, -0.25) is 4.79 Å². The average Bonchev–Trinajstić information content (AvgIpc) is 2.53. The third-order valence-electron chi connectivity index (χ3n) is 3.12. The van der Waals surface area contributed by atoms with Crippen molar-refractivity contribution in [3.8, 4) is 6.07 Å². The fraction of sp³-hybridized carbons (Fsp3) is 0.0588. The van der Waals surface area contributed by atoms with Gasteiger partial charge in [-0.2, -0.15) is 5.26 Å². The molecule has 0 aliphatic rings. The number of anilines is 2. The van der Waals surface area contributed by atoms with Crippen LogP contribution in [0.1, 0.15) is 5.56 Å². The first kappa shape index (κ1) is 18.2. The quantitative estimate of drug-likeness (QED) is 0.550. The molecule has 0 radical (unpaired) electrons. The van der Waals surface area contributed by atoms with Gasteiger partial charge in [-0.25, -0.2) is 0 Å². The number of aryl methyl sites for hydroxylation is 1. The third-order valence-corrected chi connectivity index (χ3v) is 3.90. The number of hydrogen-bond acceptors (Lipinski definition) is 3. The van der Waals surface area contributed by atoms with Gasteiger partial charge in [0, 0.05) is 21.9 Å². The number of rotatable bonds is 4. The summed E-state index contributed by atoms with van der Waals surface area (Å²) in [7, 11) is 0. The molecule has 2 rings (SSSR count). The third kappa shape index (κ3) is 4.65. The predicted octanol–water partition coefficient (Wildman–Crippen LogP) is 5.41. The molecule has 4 nitrogen and oxygen atoms in total. The normalized spacial score (nSPS) is 10.9. The van der Waals surface area contributed by atoms with Gasteiger partial charge in [0.15, 0.2) is 0 Å². The van der Waals surface area contributed by atoms with E-state index in [4.69, 9.17) is 34.8 Å². The van der Waals surface area contributed by atoms with E-state index >= 15 is 0 Å². The van der Waals surface area contributed by atoms with Crippen molar-refractivity contribution in [1.82, 2.24) is 0 Å². The molecule has 0 unspecified atom stereocenters. The molecule has 0 fully saturated rings. The van der Waals surface area contributed by atoms with Gasteiger partial charge in [0.25, 0.3) is 5.91 Å². The highest BCUT2D eigenvalue weighted by molar-refractivity contribution is 6.36. The van der Waals surface area contributed by atoms with Crippen molar-refractivity contribution in [1.29, 1.82) is 5.26 Å². The molecular weight excluding hydrogens is 369 g/mol. The van der Waals surface area contributed by atoms with Crippen LogP contribution >= 0.6 is 34.8 Å². The number of carbonyl (C=O) groups excluding carboxylic acids is 1. The second-order valence-electron chi connectivity index (χ2n) is 4.85. The maximum atomic E-state index is 12.2. The number of halogens is 3. The molecule has 2 aromatic carbocycles. The van der Waals surface area contributed by atoms with Gasteiger partial charge in [-0.05, 0) is 42.8 Å². The van der Waals surface area contributed by atoms with Crippen LogP contribution in [0.5, 0.6) is 0 Å². The molecule has 0 saturated heterocycles. The summed E-state index contributed by atoms with van der Waals surface area (Å²) in [6.45, 7) is 1.83. The van der Waals surface area contributed by atoms with Crippen molar-refractivity contribution in [3.05, 3.63) is 68.8 Å². The number of nitriles is 1. The molecule has 0 atom stereocenters. The lowest BCUT2D eigenvalue weighted by atomic mass is 10.2. The highest BCUT2D eigenvalue weighted by Crippen LogP contribution is 2.25. The van der Waals surface area contributed by atoms with Crippen LogP contribution in [0, 0.1) is 18.3 Å². The summed E-state index contributed by atoms with van der Waals surface area (Å²) in [6, 6.07) is 11.8. The van der Waals surface area contributed by atoms with E-state index in [0.29, 0.717) is 26.4 Å². The zero-order chi connectivity index (χ0) is 17.7. The Balaban J connectivity index is 2.16. The number of nitrogens with zero attached hydrogens (tertiary/aromatic N) is 1. The van der Waals surface area contributed by atoms with Gasteiger partial charge in [-0.1, -0.05) is 40.9 Å². The molecule has 0 aromatic heterocycles. The SMILES string of the molecule is Cc1ccc(Cl)cc1NC(=O)/C(C#N)=C\Nc1ccc(Cl)cc1Cl. The molecular formula is C17H12Cl3N3O. The van der Waals surface area contributed by atoms with Crippen molar-refractivity contribution in [3.63, 3.8) is 0 Å². The number of carbonyl (C=O) groups is 1. The highest BCUT2D eigenvalue weighted by Gasteiger charge is 2.11. The van der Waals surface area contributed by atoms with Gasteiger partial charge < -0.3 is 10.6 Å². The predicted molar refractivity (Wildman–Crippen MR) is 98.6 cm³/mol. The molecule has 0 spiro atoms. The first-order valence-corrected chi connectivity index (χ1v) is 7.93. The minimum Gasteiger partial charge on any atom is -0.359 e. The summed E-state index contributed by atoms with van der Waals surface area (Å²) in [6.07, 6.45) is 1.28. The lowest BCUT2D eigenvalue weighted by Gasteiger charge is -2.09. The van der Waals surface area contributed by atoms with E-state index in [1.54, 1.807) is 36.4 Å².